The van der Waals surface area contributed by atoms with Crippen LogP contribution < -0.4 is 0 Å². The van der Waals surface area contributed by atoms with E-state index in [9.17, 15) is 0 Å². The highest BCUT2D eigenvalue weighted by atomic mass is 32.1. The van der Waals surface area contributed by atoms with Gasteiger partial charge in [-0.2, -0.15) is 0 Å². The molecule has 1 heterocycles. The van der Waals surface area contributed by atoms with E-state index >= 15 is 0 Å². The molecule has 1 unspecified atom stereocenters. The largest absolute Gasteiger partial charge is 0.245 e. The molecule has 0 aliphatic rings. The van der Waals surface area contributed by atoms with Crippen LogP contribution in [0, 0.1) is 0 Å². The van der Waals surface area contributed by atoms with Gasteiger partial charge in [0.1, 0.15) is 0 Å². The Hall–Kier alpha value is -1.58. The van der Waals surface area contributed by atoms with Gasteiger partial charge >= 0.3 is 0 Å². The minimum atomic E-state index is -0.119. The highest BCUT2D eigenvalue weighted by Gasteiger charge is 2.04. The maximum absolute atomic E-state index is 8.32. The SMILES string of the molecule is CC(N=[N+]=[N-])c1ccc2ncsc2c1. The fourth-order valence-corrected chi connectivity index (χ4v) is 2.00. The average Bonchev–Trinajstić information content (AvgIpc) is 2.64. The molecule has 0 saturated carbocycles. The van der Waals surface area contributed by atoms with Crippen LogP contribution in [0.5, 0.6) is 0 Å². The van der Waals surface area contributed by atoms with Crippen molar-refractivity contribution >= 4 is 21.6 Å². The highest BCUT2D eigenvalue weighted by Crippen LogP contribution is 2.24. The van der Waals surface area contributed by atoms with E-state index in [1.807, 2.05) is 30.6 Å². The van der Waals surface area contributed by atoms with Gasteiger partial charge in [0, 0.05) is 4.91 Å². The van der Waals surface area contributed by atoms with Gasteiger partial charge in [0.05, 0.1) is 21.8 Å². The van der Waals surface area contributed by atoms with E-state index in [1.165, 1.54) is 0 Å². The Labute approximate surface area is 84.8 Å². The van der Waals surface area contributed by atoms with Crippen LogP contribution in [0.25, 0.3) is 20.7 Å². The Morgan fingerprint density at radius 3 is 3.21 bits per heavy atom. The summed E-state index contributed by atoms with van der Waals surface area (Å²) >= 11 is 1.59. The zero-order valence-electron chi connectivity index (χ0n) is 7.58. The topological polar surface area (TPSA) is 61.7 Å². The number of nitrogens with zero attached hydrogens (tertiary/aromatic N) is 4. The normalized spacial score (nSPS) is 12.4. The van der Waals surface area contributed by atoms with E-state index in [0.717, 1.165) is 15.8 Å². The molecule has 0 aliphatic heterocycles. The Bertz CT molecular complexity index is 498. The fraction of sp³-hybridized carbons (Fsp3) is 0.222. The Kier molecular flexibility index (Phi) is 2.35. The maximum atomic E-state index is 8.32. The van der Waals surface area contributed by atoms with Crippen LogP contribution in [0.15, 0.2) is 28.8 Å². The molecule has 0 amide bonds. The zero-order valence-corrected chi connectivity index (χ0v) is 8.40. The summed E-state index contributed by atoms with van der Waals surface area (Å²) in [5, 5.41) is 3.65. The molecule has 70 valence electrons. The predicted molar refractivity (Wildman–Crippen MR) is 57.2 cm³/mol. The van der Waals surface area contributed by atoms with Gasteiger partial charge in [0.2, 0.25) is 0 Å². The molecule has 2 aromatic rings. The van der Waals surface area contributed by atoms with Crippen molar-refractivity contribution in [1.29, 1.82) is 0 Å². The lowest BCUT2D eigenvalue weighted by molar-refractivity contribution is 0.809. The maximum Gasteiger partial charge on any atom is 0.0812 e. The van der Waals surface area contributed by atoms with Gasteiger partial charge in [-0.3, -0.25) is 0 Å². The monoisotopic (exact) mass is 204 g/mol. The first kappa shape index (κ1) is 8.99. The molecule has 0 aliphatic carbocycles. The lowest BCUT2D eigenvalue weighted by atomic mass is 10.1. The standard InChI is InChI=1S/C9H8N4S/c1-6(12-13-10)7-2-3-8-9(4-7)14-5-11-8/h2-6H,1H3. The second-order valence-electron chi connectivity index (χ2n) is 2.96. The molecule has 1 aromatic carbocycles. The quantitative estimate of drug-likeness (QED) is 0.418. The molecule has 0 bridgehead atoms. The molecule has 0 fully saturated rings. The number of benzene rings is 1. The Morgan fingerprint density at radius 2 is 2.43 bits per heavy atom. The summed E-state index contributed by atoms with van der Waals surface area (Å²) in [5.41, 5.74) is 12.2. The number of azide groups is 1. The fourth-order valence-electron chi connectivity index (χ4n) is 1.28. The zero-order chi connectivity index (χ0) is 9.97. The molecule has 0 saturated heterocycles. The molecule has 0 spiro atoms. The van der Waals surface area contributed by atoms with Crippen molar-refractivity contribution in [3.63, 3.8) is 0 Å². The van der Waals surface area contributed by atoms with Gasteiger partial charge in [0.15, 0.2) is 0 Å². The number of thiazole rings is 1. The molecule has 1 aromatic heterocycles. The van der Waals surface area contributed by atoms with E-state index in [0.29, 0.717) is 0 Å². The first-order valence-corrected chi connectivity index (χ1v) is 5.06. The van der Waals surface area contributed by atoms with Crippen molar-refractivity contribution in [2.24, 2.45) is 5.11 Å². The van der Waals surface area contributed by atoms with Gasteiger partial charge in [-0.05, 0) is 23.2 Å². The van der Waals surface area contributed by atoms with Crippen molar-refractivity contribution in [1.82, 2.24) is 4.98 Å². The van der Waals surface area contributed by atoms with E-state index in [-0.39, 0.29) is 6.04 Å². The van der Waals surface area contributed by atoms with Gasteiger partial charge in [-0.1, -0.05) is 18.1 Å². The molecule has 4 nitrogen and oxygen atoms in total. The third kappa shape index (κ3) is 1.55. The molecule has 2 rings (SSSR count). The molecule has 14 heavy (non-hydrogen) atoms. The van der Waals surface area contributed by atoms with Crippen LogP contribution in [0.3, 0.4) is 0 Å². The van der Waals surface area contributed by atoms with Gasteiger partial charge in [-0.25, -0.2) is 4.98 Å². The third-order valence-electron chi connectivity index (χ3n) is 2.06. The van der Waals surface area contributed by atoms with Crippen LogP contribution >= 0.6 is 11.3 Å². The van der Waals surface area contributed by atoms with Crippen LogP contribution in [-0.4, -0.2) is 4.98 Å². The Morgan fingerprint density at radius 1 is 1.57 bits per heavy atom. The molecule has 1 atom stereocenters. The summed E-state index contributed by atoms with van der Waals surface area (Å²) in [6.45, 7) is 1.88. The number of hydrogen-bond acceptors (Lipinski definition) is 3. The third-order valence-corrected chi connectivity index (χ3v) is 2.85. The molecule has 0 radical (unpaired) electrons. The van der Waals surface area contributed by atoms with E-state index in [2.05, 4.69) is 15.0 Å². The summed E-state index contributed by atoms with van der Waals surface area (Å²) in [6, 6.07) is 5.80. The first-order chi connectivity index (χ1) is 6.81. The van der Waals surface area contributed by atoms with Crippen molar-refractivity contribution in [3.8, 4) is 0 Å². The summed E-state index contributed by atoms with van der Waals surface area (Å²) in [4.78, 5) is 6.97. The van der Waals surface area contributed by atoms with E-state index in [1.54, 1.807) is 11.3 Å². The van der Waals surface area contributed by atoms with Crippen molar-refractivity contribution in [3.05, 3.63) is 39.7 Å². The Balaban J connectivity index is 2.48. The van der Waals surface area contributed by atoms with Gasteiger partial charge in [0.25, 0.3) is 0 Å². The first-order valence-electron chi connectivity index (χ1n) is 4.18. The van der Waals surface area contributed by atoms with Crippen LogP contribution in [0.4, 0.5) is 0 Å². The minimum absolute atomic E-state index is 0.119. The number of hydrogen-bond donors (Lipinski definition) is 0. The average molecular weight is 204 g/mol. The summed E-state index contributed by atoms with van der Waals surface area (Å²) in [5.74, 6) is 0. The predicted octanol–water partition coefficient (Wildman–Crippen LogP) is 3.67. The smallest absolute Gasteiger partial charge is 0.0812 e. The van der Waals surface area contributed by atoms with E-state index < -0.39 is 0 Å². The number of rotatable bonds is 2. The van der Waals surface area contributed by atoms with E-state index in [4.69, 9.17) is 5.53 Å². The summed E-state index contributed by atoms with van der Waals surface area (Å²) in [6.07, 6.45) is 0. The van der Waals surface area contributed by atoms with Crippen molar-refractivity contribution < 1.29 is 0 Å². The molecular weight excluding hydrogens is 196 g/mol. The highest BCUT2D eigenvalue weighted by molar-refractivity contribution is 7.16. The lowest BCUT2D eigenvalue weighted by Gasteiger charge is -2.03. The summed E-state index contributed by atoms with van der Waals surface area (Å²) < 4.78 is 1.13. The van der Waals surface area contributed by atoms with Crippen LogP contribution in [-0.2, 0) is 0 Å². The second kappa shape index (κ2) is 3.65. The van der Waals surface area contributed by atoms with Gasteiger partial charge < -0.3 is 0 Å². The van der Waals surface area contributed by atoms with Gasteiger partial charge in [-0.15, -0.1) is 11.3 Å². The molecule has 5 heteroatoms. The molecule has 0 N–H and O–H groups in total. The van der Waals surface area contributed by atoms with Crippen molar-refractivity contribution in [2.75, 3.05) is 0 Å². The second-order valence-corrected chi connectivity index (χ2v) is 3.85. The van der Waals surface area contributed by atoms with Crippen LogP contribution in [0.1, 0.15) is 18.5 Å². The van der Waals surface area contributed by atoms with Crippen LogP contribution in [0.2, 0.25) is 0 Å². The number of fused-ring (bicyclic) bond motifs is 1. The molecular formula is C9H8N4S. The van der Waals surface area contributed by atoms with Crippen molar-refractivity contribution in [2.45, 2.75) is 13.0 Å². The summed E-state index contributed by atoms with van der Waals surface area (Å²) in [7, 11) is 0. The lowest BCUT2D eigenvalue weighted by Crippen LogP contribution is -1.86. The number of aromatic nitrogens is 1. The minimum Gasteiger partial charge on any atom is -0.245 e.